The summed E-state index contributed by atoms with van der Waals surface area (Å²) < 4.78 is 1.97. The van der Waals surface area contributed by atoms with Crippen molar-refractivity contribution in [2.45, 2.75) is 32.0 Å². The van der Waals surface area contributed by atoms with Crippen LogP contribution in [0.4, 0.5) is 0 Å². The maximum absolute atomic E-state index is 4.28. The molecule has 28 heavy (non-hydrogen) atoms. The van der Waals surface area contributed by atoms with Gasteiger partial charge in [0, 0.05) is 51.2 Å². The van der Waals surface area contributed by atoms with Gasteiger partial charge in [0.2, 0.25) is 0 Å². The number of benzene rings is 2. The summed E-state index contributed by atoms with van der Waals surface area (Å²) in [5.41, 5.74) is 5.83. The van der Waals surface area contributed by atoms with Crippen LogP contribution in [0.5, 0.6) is 0 Å². The zero-order valence-electron chi connectivity index (χ0n) is 16.4. The summed E-state index contributed by atoms with van der Waals surface area (Å²) in [5, 5.41) is 4.28. The van der Waals surface area contributed by atoms with Crippen molar-refractivity contribution >= 4 is 0 Å². The van der Waals surface area contributed by atoms with Crippen LogP contribution in [0.2, 0.25) is 0 Å². The Labute approximate surface area is 167 Å². The van der Waals surface area contributed by atoms with Gasteiger partial charge in [-0.1, -0.05) is 48.5 Å². The van der Waals surface area contributed by atoms with E-state index in [1.54, 1.807) is 11.1 Å². The molecule has 0 spiro atoms. The molecule has 3 aromatic rings. The zero-order chi connectivity index (χ0) is 18.8. The van der Waals surface area contributed by atoms with Gasteiger partial charge in [-0.25, -0.2) is 0 Å². The minimum Gasteiger partial charge on any atom is -0.297 e. The number of hydrogen-bond acceptors (Lipinski definition) is 3. The molecule has 1 aliphatic heterocycles. The van der Waals surface area contributed by atoms with Crippen molar-refractivity contribution in [2.24, 2.45) is 0 Å². The van der Waals surface area contributed by atoms with E-state index in [1.807, 2.05) is 23.1 Å². The molecular formula is C24H28N4. The van der Waals surface area contributed by atoms with E-state index in [0.29, 0.717) is 6.04 Å². The number of fused-ring (bicyclic) bond motifs is 1. The van der Waals surface area contributed by atoms with Crippen molar-refractivity contribution in [3.8, 4) is 0 Å². The van der Waals surface area contributed by atoms with Crippen LogP contribution >= 0.6 is 0 Å². The molecule has 2 aromatic carbocycles. The van der Waals surface area contributed by atoms with Gasteiger partial charge in [-0.2, -0.15) is 5.10 Å². The van der Waals surface area contributed by atoms with Crippen LogP contribution in [-0.2, 0) is 25.9 Å². The molecule has 1 aromatic heterocycles. The standard InChI is InChI=1S/C24H28N4/c1-2-5-23-17-24(16-22(23)4-1)27-14-12-26(13-15-27)18-20-6-8-21(9-7-20)19-28-11-3-10-25-28/h1-11,24H,12-19H2. The maximum atomic E-state index is 4.28. The van der Waals surface area contributed by atoms with Crippen molar-refractivity contribution in [2.75, 3.05) is 26.2 Å². The molecule has 0 N–H and O–H groups in total. The average molecular weight is 373 g/mol. The second-order valence-electron chi connectivity index (χ2n) is 8.16. The summed E-state index contributed by atoms with van der Waals surface area (Å²) in [6.07, 6.45) is 6.30. The molecule has 5 rings (SSSR count). The third-order valence-electron chi connectivity index (χ3n) is 6.29. The van der Waals surface area contributed by atoms with Gasteiger partial charge in [0.1, 0.15) is 0 Å². The van der Waals surface area contributed by atoms with Crippen LogP contribution in [0.1, 0.15) is 22.3 Å². The van der Waals surface area contributed by atoms with Gasteiger partial charge in [0.25, 0.3) is 0 Å². The Morgan fingerprint density at radius 1 is 0.750 bits per heavy atom. The first-order valence-corrected chi connectivity index (χ1v) is 10.4. The molecule has 1 aliphatic carbocycles. The summed E-state index contributed by atoms with van der Waals surface area (Å²) in [4.78, 5) is 5.31. The number of rotatable bonds is 5. The highest BCUT2D eigenvalue weighted by atomic mass is 15.3. The van der Waals surface area contributed by atoms with Crippen LogP contribution in [-0.4, -0.2) is 51.8 Å². The molecule has 1 fully saturated rings. The van der Waals surface area contributed by atoms with Crippen molar-refractivity contribution in [3.05, 3.63) is 89.2 Å². The molecular weight excluding hydrogens is 344 g/mol. The molecule has 0 saturated carbocycles. The van der Waals surface area contributed by atoms with Crippen LogP contribution in [0.15, 0.2) is 67.0 Å². The molecule has 0 unspecified atom stereocenters. The fourth-order valence-corrected chi connectivity index (χ4v) is 4.67. The predicted molar refractivity (Wildman–Crippen MR) is 112 cm³/mol. The zero-order valence-corrected chi connectivity index (χ0v) is 16.4. The summed E-state index contributed by atoms with van der Waals surface area (Å²) in [5.74, 6) is 0. The SMILES string of the molecule is c1ccc2c(c1)CC(N1CCN(Cc3ccc(Cn4cccn4)cc3)CC1)C2. The van der Waals surface area contributed by atoms with Crippen molar-refractivity contribution < 1.29 is 0 Å². The first-order chi connectivity index (χ1) is 13.8. The van der Waals surface area contributed by atoms with E-state index in [0.717, 1.165) is 13.1 Å². The molecule has 0 radical (unpaired) electrons. The number of aromatic nitrogens is 2. The molecule has 1 saturated heterocycles. The number of nitrogens with zero attached hydrogens (tertiary/aromatic N) is 4. The highest BCUT2D eigenvalue weighted by molar-refractivity contribution is 5.33. The van der Waals surface area contributed by atoms with E-state index >= 15 is 0 Å². The first-order valence-electron chi connectivity index (χ1n) is 10.4. The van der Waals surface area contributed by atoms with Crippen LogP contribution in [0.3, 0.4) is 0 Å². The lowest BCUT2D eigenvalue weighted by Crippen LogP contribution is -2.50. The maximum Gasteiger partial charge on any atom is 0.0659 e. The lowest BCUT2D eigenvalue weighted by atomic mass is 10.1. The molecule has 4 nitrogen and oxygen atoms in total. The minimum atomic E-state index is 0.709. The van der Waals surface area contributed by atoms with E-state index in [9.17, 15) is 0 Å². The Hall–Kier alpha value is -2.43. The molecule has 0 bridgehead atoms. The highest BCUT2D eigenvalue weighted by Crippen LogP contribution is 2.26. The van der Waals surface area contributed by atoms with Crippen LogP contribution < -0.4 is 0 Å². The molecule has 0 atom stereocenters. The van der Waals surface area contributed by atoms with Crippen LogP contribution in [0, 0.1) is 0 Å². The number of hydrogen-bond donors (Lipinski definition) is 0. The first kappa shape index (κ1) is 17.7. The molecule has 4 heteroatoms. The third kappa shape index (κ3) is 3.89. The summed E-state index contributed by atoms with van der Waals surface area (Å²) in [6.45, 7) is 6.62. The van der Waals surface area contributed by atoms with E-state index in [-0.39, 0.29) is 0 Å². The van der Waals surface area contributed by atoms with Gasteiger partial charge in [-0.05, 0) is 41.2 Å². The van der Waals surface area contributed by atoms with E-state index in [2.05, 4.69) is 63.4 Å². The van der Waals surface area contributed by atoms with Gasteiger partial charge in [-0.15, -0.1) is 0 Å². The molecule has 2 aliphatic rings. The molecule has 144 valence electrons. The lowest BCUT2D eigenvalue weighted by molar-refractivity contribution is 0.0949. The monoisotopic (exact) mass is 372 g/mol. The van der Waals surface area contributed by atoms with Gasteiger partial charge < -0.3 is 0 Å². The smallest absolute Gasteiger partial charge is 0.0659 e. The van der Waals surface area contributed by atoms with Gasteiger partial charge in [0.15, 0.2) is 0 Å². The summed E-state index contributed by atoms with van der Waals surface area (Å²) in [6, 6.07) is 20.7. The number of piperazine rings is 1. The Morgan fingerprint density at radius 3 is 2.00 bits per heavy atom. The highest BCUT2D eigenvalue weighted by Gasteiger charge is 2.28. The van der Waals surface area contributed by atoms with Gasteiger partial charge in [0.05, 0.1) is 6.54 Å². The fourth-order valence-electron chi connectivity index (χ4n) is 4.67. The van der Waals surface area contributed by atoms with E-state index in [1.165, 1.54) is 50.1 Å². The van der Waals surface area contributed by atoms with E-state index in [4.69, 9.17) is 0 Å². The largest absolute Gasteiger partial charge is 0.297 e. The van der Waals surface area contributed by atoms with Crippen molar-refractivity contribution in [1.82, 2.24) is 19.6 Å². The molecule has 0 amide bonds. The second-order valence-corrected chi connectivity index (χ2v) is 8.16. The lowest BCUT2D eigenvalue weighted by Gasteiger charge is -2.38. The topological polar surface area (TPSA) is 24.3 Å². The Balaban J connectivity index is 1.12. The minimum absolute atomic E-state index is 0.709. The van der Waals surface area contributed by atoms with Crippen molar-refractivity contribution in [1.29, 1.82) is 0 Å². The summed E-state index contributed by atoms with van der Waals surface area (Å²) in [7, 11) is 0. The Kier molecular flexibility index (Phi) is 4.98. The van der Waals surface area contributed by atoms with Gasteiger partial charge in [-0.3, -0.25) is 14.5 Å². The Morgan fingerprint density at radius 2 is 1.39 bits per heavy atom. The predicted octanol–water partition coefficient (Wildman–Crippen LogP) is 3.22. The second kappa shape index (κ2) is 7.90. The summed E-state index contributed by atoms with van der Waals surface area (Å²) >= 11 is 0. The van der Waals surface area contributed by atoms with Gasteiger partial charge >= 0.3 is 0 Å². The normalized spacial score (nSPS) is 18.4. The quantitative estimate of drug-likeness (QED) is 0.687. The molecule has 2 heterocycles. The van der Waals surface area contributed by atoms with E-state index < -0.39 is 0 Å². The fraction of sp³-hybridized carbons (Fsp3) is 0.375. The third-order valence-corrected chi connectivity index (χ3v) is 6.29. The van der Waals surface area contributed by atoms with Crippen LogP contribution in [0.25, 0.3) is 0 Å². The average Bonchev–Trinajstić information content (AvgIpc) is 3.39. The Bertz CT molecular complexity index is 868. The van der Waals surface area contributed by atoms with Crippen molar-refractivity contribution in [3.63, 3.8) is 0 Å².